The van der Waals surface area contributed by atoms with Crippen LogP contribution in [0.5, 0.6) is 17.2 Å². The zero-order chi connectivity index (χ0) is 27.7. The molecule has 3 aromatic rings. The number of carbonyl (C=O) groups is 1. The first-order valence-electron chi connectivity index (χ1n) is 14.9. The monoisotopic (exact) mass is 530 g/mol. The van der Waals surface area contributed by atoms with E-state index in [9.17, 15) is 4.79 Å². The van der Waals surface area contributed by atoms with E-state index in [1.165, 1.54) is 57.8 Å². The third-order valence-corrected chi connectivity index (χ3v) is 6.91. The molecule has 1 atom stereocenters. The van der Waals surface area contributed by atoms with E-state index in [0.29, 0.717) is 11.3 Å². The van der Waals surface area contributed by atoms with E-state index in [4.69, 9.17) is 14.2 Å². The highest BCUT2D eigenvalue weighted by Gasteiger charge is 2.11. The molecule has 3 rings (SSSR count). The fourth-order valence-electron chi connectivity index (χ4n) is 4.52. The van der Waals surface area contributed by atoms with Crippen molar-refractivity contribution < 1.29 is 19.0 Å². The fraction of sp³-hybridized carbons (Fsp3) is 0.457. The Bertz CT molecular complexity index is 1070. The lowest BCUT2D eigenvalue weighted by Crippen LogP contribution is -2.12. The van der Waals surface area contributed by atoms with E-state index in [2.05, 4.69) is 32.9 Å². The van der Waals surface area contributed by atoms with Crippen molar-refractivity contribution in [1.29, 1.82) is 0 Å². The van der Waals surface area contributed by atoms with E-state index in [0.717, 1.165) is 42.1 Å². The first kappa shape index (κ1) is 30.3. The average Bonchev–Trinajstić information content (AvgIpc) is 2.96. The minimum Gasteiger partial charge on any atom is -0.494 e. The van der Waals surface area contributed by atoms with Gasteiger partial charge in [-0.15, -0.1) is 0 Å². The number of esters is 1. The third-order valence-electron chi connectivity index (χ3n) is 6.91. The van der Waals surface area contributed by atoms with Crippen LogP contribution in [0.3, 0.4) is 0 Å². The van der Waals surface area contributed by atoms with Crippen molar-refractivity contribution in [3.8, 4) is 28.4 Å². The van der Waals surface area contributed by atoms with Crippen molar-refractivity contribution in [3.63, 3.8) is 0 Å². The topological polar surface area (TPSA) is 44.8 Å². The molecule has 3 aromatic carbocycles. The van der Waals surface area contributed by atoms with Gasteiger partial charge in [0.25, 0.3) is 0 Å². The SMILES string of the molecule is CCCCCCCCOc1ccc(-c2ccc(OC(=O)c3ccc(O[C@@H](C)CCCCCC)cc3)cc2)cc1. The number of benzene rings is 3. The molecule has 0 N–H and O–H groups in total. The molecule has 0 radical (unpaired) electrons. The summed E-state index contributed by atoms with van der Waals surface area (Å²) in [7, 11) is 0. The molecule has 0 unspecified atom stereocenters. The molecule has 4 heteroatoms. The number of ether oxygens (including phenoxy) is 3. The summed E-state index contributed by atoms with van der Waals surface area (Å²) in [5, 5.41) is 0. The second kappa shape index (κ2) is 17.3. The van der Waals surface area contributed by atoms with E-state index in [1.54, 1.807) is 12.1 Å². The predicted octanol–water partition coefficient (Wildman–Crippen LogP) is 10.0. The normalized spacial score (nSPS) is 11.7. The quantitative estimate of drug-likeness (QED) is 0.0932. The zero-order valence-electron chi connectivity index (χ0n) is 24.1. The smallest absolute Gasteiger partial charge is 0.343 e. The molecule has 0 saturated carbocycles. The average molecular weight is 531 g/mol. The van der Waals surface area contributed by atoms with Crippen molar-refractivity contribution in [2.75, 3.05) is 6.61 Å². The van der Waals surface area contributed by atoms with Gasteiger partial charge in [-0.25, -0.2) is 4.79 Å². The Morgan fingerprint density at radius 1 is 0.615 bits per heavy atom. The van der Waals surface area contributed by atoms with E-state index < -0.39 is 0 Å². The van der Waals surface area contributed by atoms with Crippen molar-refractivity contribution in [1.82, 2.24) is 0 Å². The standard InChI is InChI=1S/C35H46O4/c1-4-6-8-10-11-13-27-37-32-21-15-29(16-22-32)30-17-23-34(24-18-30)39-35(36)31-19-25-33(26-20-31)38-28(3)14-12-9-7-5-2/h15-26,28H,4-14,27H2,1-3H3/t28-/m0/s1. The molecule has 0 aliphatic carbocycles. The molecule has 39 heavy (non-hydrogen) atoms. The van der Waals surface area contributed by atoms with Crippen LogP contribution in [0.1, 0.15) is 102 Å². The molecule has 0 fully saturated rings. The Morgan fingerprint density at radius 2 is 1.13 bits per heavy atom. The molecule has 0 heterocycles. The summed E-state index contributed by atoms with van der Waals surface area (Å²) in [4.78, 5) is 12.6. The summed E-state index contributed by atoms with van der Waals surface area (Å²) in [5.41, 5.74) is 2.65. The molecule has 0 saturated heterocycles. The molecule has 0 aromatic heterocycles. The van der Waals surface area contributed by atoms with Gasteiger partial charge in [0.05, 0.1) is 18.3 Å². The van der Waals surface area contributed by atoms with Crippen LogP contribution in [-0.4, -0.2) is 18.7 Å². The second-order valence-corrected chi connectivity index (χ2v) is 10.4. The minimum absolute atomic E-state index is 0.159. The van der Waals surface area contributed by atoms with Crippen molar-refractivity contribution in [3.05, 3.63) is 78.4 Å². The lowest BCUT2D eigenvalue weighted by molar-refractivity contribution is 0.0734. The van der Waals surface area contributed by atoms with Crippen LogP contribution in [-0.2, 0) is 0 Å². The Balaban J connectivity index is 1.43. The van der Waals surface area contributed by atoms with Crippen molar-refractivity contribution in [2.24, 2.45) is 0 Å². The van der Waals surface area contributed by atoms with Gasteiger partial charge in [-0.1, -0.05) is 89.5 Å². The van der Waals surface area contributed by atoms with E-state index >= 15 is 0 Å². The molecule has 0 bridgehead atoms. The molecule has 210 valence electrons. The van der Waals surface area contributed by atoms with Crippen molar-refractivity contribution >= 4 is 5.97 Å². The first-order chi connectivity index (χ1) is 19.1. The van der Waals surface area contributed by atoms with Gasteiger partial charge in [-0.2, -0.15) is 0 Å². The third kappa shape index (κ3) is 11.2. The number of carbonyl (C=O) groups excluding carboxylic acids is 1. The van der Waals surface area contributed by atoms with Crippen LogP contribution in [0.4, 0.5) is 0 Å². The van der Waals surface area contributed by atoms with Crippen molar-refractivity contribution in [2.45, 2.75) is 97.5 Å². The highest BCUT2D eigenvalue weighted by Crippen LogP contribution is 2.25. The lowest BCUT2D eigenvalue weighted by Gasteiger charge is -2.14. The Morgan fingerprint density at radius 3 is 1.74 bits per heavy atom. The second-order valence-electron chi connectivity index (χ2n) is 10.4. The number of hydrogen-bond acceptors (Lipinski definition) is 4. The molecule has 4 nitrogen and oxygen atoms in total. The maximum absolute atomic E-state index is 12.6. The Kier molecular flexibility index (Phi) is 13.5. The molecular weight excluding hydrogens is 484 g/mol. The summed E-state index contributed by atoms with van der Waals surface area (Å²) >= 11 is 0. The van der Waals surface area contributed by atoms with Crippen LogP contribution in [0.15, 0.2) is 72.8 Å². The highest BCUT2D eigenvalue weighted by atomic mass is 16.5. The van der Waals surface area contributed by atoms with Gasteiger partial charge in [0, 0.05) is 0 Å². The zero-order valence-corrected chi connectivity index (χ0v) is 24.1. The number of hydrogen-bond donors (Lipinski definition) is 0. The van der Waals surface area contributed by atoms with Gasteiger partial charge < -0.3 is 14.2 Å². The summed E-state index contributed by atoms with van der Waals surface area (Å²) in [6.07, 6.45) is 13.7. The van der Waals surface area contributed by atoms with Crippen LogP contribution < -0.4 is 14.2 Å². The fourth-order valence-corrected chi connectivity index (χ4v) is 4.52. The number of rotatable bonds is 18. The molecule has 0 spiro atoms. The molecular formula is C35H46O4. The minimum atomic E-state index is -0.381. The van der Waals surface area contributed by atoms with Gasteiger partial charge in [0.1, 0.15) is 17.2 Å². The molecule has 0 amide bonds. The Hall–Kier alpha value is -3.27. The maximum Gasteiger partial charge on any atom is 0.343 e. The summed E-state index contributed by atoms with van der Waals surface area (Å²) in [6.45, 7) is 7.32. The van der Waals surface area contributed by atoms with Crippen LogP contribution >= 0.6 is 0 Å². The largest absolute Gasteiger partial charge is 0.494 e. The maximum atomic E-state index is 12.6. The van der Waals surface area contributed by atoms with Gasteiger partial charge in [0.15, 0.2) is 0 Å². The first-order valence-corrected chi connectivity index (χ1v) is 14.9. The lowest BCUT2D eigenvalue weighted by atomic mass is 10.1. The van der Waals surface area contributed by atoms with Gasteiger partial charge in [-0.3, -0.25) is 0 Å². The summed E-state index contributed by atoms with van der Waals surface area (Å²) in [5.74, 6) is 1.81. The molecule has 0 aliphatic rings. The van der Waals surface area contributed by atoms with Crippen LogP contribution in [0, 0.1) is 0 Å². The van der Waals surface area contributed by atoms with Gasteiger partial charge in [-0.05, 0) is 85.8 Å². The predicted molar refractivity (Wildman–Crippen MR) is 161 cm³/mol. The summed E-state index contributed by atoms with van der Waals surface area (Å²) < 4.78 is 17.5. The van der Waals surface area contributed by atoms with E-state index in [1.807, 2.05) is 48.5 Å². The summed E-state index contributed by atoms with van der Waals surface area (Å²) in [6, 6.07) is 22.9. The molecule has 0 aliphatic heterocycles. The highest BCUT2D eigenvalue weighted by molar-refractivity contribution is 5.91. The van der Waals surface area contributed by atoms with Crippen LogP contribution in [0.25, 0.3) is 11.1 Å². The van der Waals surface area contributed by atoms with E-state index in [-0.39, 0.29) is 12.1 Å². The Labute approximate surface area is 235 Å². The van der Waals surface area contributed by atoms with Crippen LogP contribution in [0.2, 0.25) is 0 Å². The number of unbranched alkanes of at least 4 members (excludes halogenated alkanes) is 8. The van der Waals surface area contributed by atoms with Gasteiger partial charge in [0.2, 0.25) is 0 Å². The van der Waals surface area contributed by atoms with Gasteiger partial charge >= 0.3 is 5.97 Å².